The molecule has 0 nitrogen and oxygen atoms in total. The van der Waals surface area contributed by atoms with E-state index < -0.39 is 0 Å². The first-order chi connectivity index (χ1) is 16.9. The van der Waals surface area contributed by atoms with Crippen molar-refractivity contribution in [2.24, 2.45) is 10.8 Å². The second-order valence-corrected chi connectivity index (χ2v) is 10.5. The van der Waals surface area contributed by atoms with Gasteiger partial charge in [-0.05, 0) is 34.9 Å². The summed E-state index contributed by atoms with van der Waals surface area (Å²) in [6.07, 6.45) is 13.8. The summed E-state index contributed by atoms with van der Waals surface area (Å²) in [5.41, 5.74) is 4.85. The molecule has 0 fully saturated rings. The Bertz CT molecular complexity index is 1080. The molecule has 0 bridgehead atoms. The van der Waals surface area contributed by atoms with Crippen molar-refractivity contribution < 1.29 is 0 Å². The Balaban J connectivity index is 0.00000361. The van der Waals surface area contributed by atoms with Crippen molar-refractivity contribution in [3.05, 3.63) is 150 Å². The zero-order chi connectivity index (χ0) is 24.9. The Morgan fingerprint density at radius 3 is 1.47 bits per heavy atom. The second kappa shape index (κ2) is 10.6. The molecule has 0 heterocycles. The van der Waals surface area contributed by atoms with Crippen molar-refractivity contribution in [3.63, 3.8) is 0 Å². The Kier molecular flexibility index (Phi) is 7.74. The molecule has 0 atom stereocenters. The molecule has 1 radical (unpaired) electrons. The van der Waals surface area contributed by atoms with Crippen LogP contribution in [-0.4, -0.2) is 0 Å². The largest absolute Gasteiger partial charge is 0.172 e. The SMILES string of the molecule is CCC(CC)(C1=C/C(C)(C)/C=C\[C-](C)/C=C\1)C(c1ccccc1)(c1ccccc1)c1ccccc1.[Lr]. The summed E-state index contributed by atoms with van der Waals surface area (Å²) in [6, 6.07) is 33.5. The molecule has 3 aromatic carbocycles. The monoisotopic (exact) mass is 721 g/mol. The van der Waals surface area contributed by atoms with Crippen LogP contribution < -0.4 is 0 Å². The van der Waals surface area contributed by atoms with Crippen LogP contribution in [0.2, 0.25) is 0 Å². The van der Waals surface area contributed by atoms with Crippen LogP contribution >= 0.6 is 0 Å². The summed E-state index contributed by atoms with van der Waals surface area (Å²) in [7, 11) is 0. The minimum atomic E-state index is -0.358. The maximum absolute atomic E-state index is 2.52. The van der Waals surface area contributed by atoms with Crippen molar-refractivity contribution in [1.82, 2.24) is 0 Å². The zero-order valence-electron chi connectivity index (χ0n) is 22.2. The van der Waals surface area contributed by atoms with Gasteiger partial charge in [0, 0.05) is 5.41 Å². The van der Waals surface area contributed by atoms with Crippen molar-refractivity contribution in [2.45, 2.75) is 52.9 Å². The molecule has 1 aliphatic carbocycles. The summed E-state index contributed by atoms with van der Waals surface area (Å²) >= 11 is 0. The van der Waals surface area contributed by atoms with E-state index in [1.807, 2.05) is 0 Å². The number of allylic oxidation sites excluding steroid dienone is 6. The minimum Gasteiger partial charge on any atom is -0.172 e. The summed E-state index contributed by atoms with van der Waals surface area (Å²) in [6.45, 7) is 11.6. The first-order valence-electron chi connectivity index (χ1n) is 13.0. The van der Waals surface area contributed by atoms with Crippen LogP contribution in [0.3, 0.4) is 0 Å². The molecule has 0 amide bonds. The van der Waals surface area contributed by atoms with Crippen LogP contribution in [0.15, 0.2) is 127 Å². The summed E-state index contributed by atoms with van der Waals surface area (Å²) < 4.78 is 0. The van der Waals surface area contributed by atoms with Crippen molar-refractivity contribution in [1.29, 1.82) is 0 Å². The number of rotatable bonds is 7. The average Bonchev–Trinajstić information content (AvgIpc) is 2.89. The third-order valence-corrected chi connectivity index (χ3v) is 7.93. The van der Waals surface area contributed by atoms with Crippen molar-refractivity contribution >= 4 is 0 Å². The fourth-order valence-corrected chi connectivity index (χ4v) is 6.22. The molecule has 195 valence electrons. The first kappa shape index (κ1) is 26.4. The average molecular weight is 722 g/mol. The summed E-state index contributed by atoms with van der Waals surface area (Å²) in [4.78, 5) is 0. The molecule has 0 unspecified atom stereocenters. The van der Waals surface area contributed by atoms with Gasteiger partial charge in [0.25, 0.3) is 0 Å². The summed E-state index contributed by atoms with van der Waals surface area (Å²) in [5.74, 6) is 1.29. The van der Waals surface area contributed by atoms with E-state index in [2.05, 4.69) is 156 Å². The molecule has 1 aliphatic rings. The first-order valence-corrected chi connectivity index (χ1v) is 13.0. The van der Waals surface area contributed by atoms with Gasteiger partial charge >= 0.3 is 0 Å². The van der Waals surface area contributed by atoms with E-state index in [0.29, 0.717) is 0 Å². The smallest absolute Gasteiger partial charge is 0.0537 e. The molecule has 0 spiro atoms. The Labute approximate surface area is 213 Å². The molecule has 0 saturated carbocycles. The molecular formula is C35H39Lr-. The van der Waals surface area contributed by atoms with Gasteiger partial charge < -0.3 is 0 Å². The number of benzene rings is 3. The van der Waals surface area contributed by atoms with Gasteiger partial charge in [-0.25, -0.2) is 0 Å². The van der Waals surface area contributed by atoms with Gasteiger partial charge in [0.05, 0.1) is 5.41 Å². The molecule has 3 aromatic rings. The topological polar surface area (TPSA) is 0 Å². The molecule has 36 heavy (non-hydrogen) atoms. The van der Waals surface area contributed by atoms with Crippen LogP contribution in [-0.2, 0) is 5.41 Å². The molecule has 1 heteroatoms. The van der Waals surface area contributed by atoms with Crippen molar-refractivity contribution in [3.8, 4) is 0 Å². The van der Waals surface area contributed by atoms with Crippen molar-refractivity contribution in [2.75, 3.05) is 0 Å². The third kappa shape index (κ3) is 4.40. The van der Waals surface area contributed by atoms with Gasteiger partial charge in [-0.15, -0.1) is 0 Å². The van der Waals surface area contributed by atoms with E-state index in [4.69, 9.17) is 0 Å². The summed E-state index contributed by atoms with van der Waals surface area (Å²) in [5, 5.41) is 0. The van der Waals surface area contributed by atoms with E-state index in [9.17, 15) is 0 Å². The standard InChI is InChI=1S/C35H39.Lr/c1-6-34(7-2,32-24-23-28(3)25-26-33(4,5)27-32)35(29-17-11-8-12-18-29,30-19-13-9-14-20-30)31-21-15-10-16-22-31;/h8-27H,6-7H2,1-5H3;/q-1;/b24-23-,26-25-,32-27+;. The maximum Gasteiger partial charge on any atom is 0.0537 e. The Hall–Kier alpha value is -4.25. The zero-order valence-corrected chi connectivity index (χ0v) is 24.4. The Morgan fingerprint density at radius 2 is 1.08 bits per heavy atom. The van der Waals surface area contributed by atoms with Crippen LogP contribution in [0.25, 0.3) is 0 Å². The fourth-order valence-electron chi connectivity index (χ4n) is 6.22. The number of hydrogen-bond donors (Lipinski definition) is 0. The van der Waals surface area contributed by atoms with Crippen LogP contribution in [0.1, 0.15) is 64.2 Å². The van der Waals surface area contributed by atoms with E-state index in [0.717, 1.165) is 12.8 Å². The van der Waals surface area contributed by atoms with E-state index in [1.165, 1.54) is 28.2 Å². The van der Waals surface area contributed by atoms with Gasteiger partial charge in [-0.1, -0.05) is 137 Å². The molecule has 0 aliphatic heterocycles. The molecule has 4 rings (SSSR count). The Morgan fingerprint density at radius 1 is 0.667 bits per heavy atom. The molecular weight excluding hydrogens is 682 g/mol. The molecule has 0 N–H and O–H groups in total. The third-order valence-electron chi connectivity index (χ3n) is 7.93. The van der Waals surface area contributed by atoms with Crippen LogP contribution in [0, 0.1) is 16.7 Å². The second-order valence-electron chi connectivity index (χ2n) is 10.5. The predicted molar refractivity (Wildman–Crippen MR) is 151 cm³/mol. The molecule has 0 aromatic heterocycles. The van der Waals surface area contributed by atoms with E-state index in [-0.39, 0.29) is 16.2 Å². The maximum atomic E-state index is 2.52. The van der Waals surface area contributed by atoms with E-state index >= 15 is 0 Å². The predicted octanol–water partition coefficient (Wildman–Crippen LogP) is 9.50. The van der Waals surface area contributed by atoms with Crippen LogP contribution in [0.4, 0.5) is 0 Å². The van der Waals surface area contributed by atoms with Crippen LogP contribution in [0.5, 0.6) is 0 Å². The van der Waals surface area contributed by atoms with Gasteiger partial charge in [0.2, 0.25) is 0 Å². The van der Waals surface area contributed by atoms with Gasteiger partial charge in [0.15, 0.2) is 0 Å². The van der Waals surface area contributed by atoms with E-state index in [1.54, 1.807) is 0 Å². The molecule has 0 saturated heterocycles. The quantitative estimate of drug-likeness (QED) is 0.169. The minimum absolute atomic E-state index is 0. The number of hydrogen-bond acceptors (Lipinski definition) is 0. The van der Waals surface area contributed by atoms with Gasteiger partial charge in [-0.3, -0.25) is 0 Å². The van der Waals surface area contributed by atoms with Gasteiger partial charge in [0.1, 0.15) is 0 Å². The van der Waals surface area contributed by atoms with Gasteiger partial charge in [-0.2, -0.15) is 30.2 Å². The normalized spacial score (nSPS) is 18.7. The fraction of sp³-hybridized carbons (Fsp3) is 0.286.